The Bertz CT molecular complexity index is 776. The number of benzene rings is 1. The van der Waals surface area contributed by atoms with Crippen LogP contribution in [0.2, 0.25) is 0 Å². The van der Waals surface area contributed by atoms with Gasteiger partial charge in [-0.1, -0.05) is 23.5 Å². The summed E-state index contributed by atoms with van der Waals surface area (Å²) >= 11 is 0.987. The van der Waals surface area contributed by atoms with Crippen molar-refractivity contribution in [1.29, 1.82) is 0 Å². The van der Waals surface area contributed by atoms with Crippen LogP contribution in [-0.2, 0) is 11.3 Å². The van der Waals surface area contributed by atoms with Gasteiger partial charge in [0.15, 0.2) is 0 Å². The van der Waals surface area contributed by atoms with Gasteiger partial charge in [-0.05, 0) is 26.0 Å². The molecular formula is C13H15N3O3S. The molecule has 0 saturated heterocycles. The molecule has 0 spiro atoms. The zero-order valence-electron chi connectivity index (χ0n) is 11.2. The van der Waals surface area contributed by atoms with Gasteiger partial charge in [0.1, 0.15) is 0 Å². The summed E-state index contributed by atoms with van der Waals surface area (Å²) in [6.07, 6.45) is 0. The fourth-order valence-electron chi connectivity index (χ4n) is 1.91. The Morgan fingerprint density at radius 2 is 2.00 bits per heavy atom. The molecule has 3 N–H and O–H groups in total. The number of aromatic nitrogens is 1. The second kappa shape index (κ2) is 5.18. The van der Waals surface area contributed by atoms with Crippen LogP contribution in [0.3, 0.4) is 0 Å². The van der Waals surface area contributed by atoms with Crippen molar-refractivity contribution < 1.29 is 4.79 Å². The number of nitrogens with one attached hydrogen (secondary N) is 1. The van der Waals surface area contributed by atoms with E-state index in [0.717, 1.165) is 15.9 Å². The van der Waals surface area contributed by atoms with E-state index >= 15 is 0 Å². The fraction of sp³-hybridized carbons (Fsp3) is 0.308. The van der Waals surface area contributed by atoms with Crippen LogP contribution in [-0.4, -0.2) is 10.5 Å². The highest BCUT2D eigenvalue weighted by Crippen LogP contribution is 2.18. The third-order valence-corrected chi connectivity index (χ3v) is 4.05. The second-order valence-electron chi connectivity index (χ2n) is 5.11. The standard InChI is InChI=1S/C13H15N3O3S/c1-13(2,11(18)15-14)7-16-10(17)8-5-3-4-6-9(8)20-12(16)19/h3-6H,7,14H2,1-2H3,(H,15,18). The van der Waals surface area contributed by atoms with Crippen LogP contribution in [0.15, 0.2) is 33.9 Å². The maximum absolute atomic E-state index is 12.3. The number of rotatable bonds is 3. The van der Waals surface area contributed by atoms with E-state index in [1.54, 1.807) is 38.1 Å². The second-order valence-corrected chi connectivity index (χ2v) is 6.11. The third kappa shape index (κ3) is 2.50. The fourth-order valence-corrected chi connectivity index (χ4v) is 2.77. The number of nitrogens with zero attached hydrogens (tertiary/aromatic N) is 1. The Labute approximate surface area is 118 Å². The van der Waals surface area contributed by atoms with Gasteiger partial charge >= 0.3 is 4.87 Å². The summed E-state index contributed by atoms with van der Waals surface area (Å²) < 4.78 is 1.72. The van der Waals surface area contributed by atoms with Crippen LogP contribution in [0.4, 0.5) is 0 Å². The van der Waals surface area contributed by atoms with Gasteiger partial charge in [-0.3, -0.25) is 24.4 Å². The normalized spacial score (nSPS) is 11.6. The highest BCUT2D eigenvalue weighted by Gasteiger charge is 2.29. The molecule has 0 fully saturated rings. The minimum Gasteiger partial charge on any atom is -0.294 e. The minimum atomic E-state index is -0.951. The Morgan fingerprint density at radius 3 is 2.65 bits per heavy atom. The smallest absolute Gasteiger partial charge is 0.294 e. The van der Waals surface area contributed by atoms with E-state index in [2.05, 4.69) is 0 Å². The molecule has 0 unspecified atom stereocenters. The number of hydrogen-bond donors (Lipinski definition) is 2. The lowest BCUT2D eigenvalue weighted by Gasteiger charge is -2.22. The monoisotopic (exact) mass is 293 g/mol. The molecule has 106 valence electrons. The molecular weight excluding hydrogens is 278 g/mol. The summed E-state index contributed by atoms with van der Waals surface area (Å²) in [4.78, 5) is 35.7. The number of fused-ring (bicyclic) bond motifs is 1. The third-order valence-electron chi connectivity index (χ3n) is 3.08. The van der Waals surface area contributed by atoms with E-state index in [9.17, 15) is 14.4 Å². The molecule has 1 aromatic heterocycles. The lowest BCUT2D eigenvalue weighted by molar-refractivity contribution is -0.130. The van der Waals surface area contributed by atoms with Crippen molar-refractivity contribution in [3.63, 3.8) is 0 Å². The summed E-state index contributed by atoms with van der Waals surface area (Å²) in [6.45, 7) is 3.23. The van der Waals surface area contributed by atoms with Gasteiger partial charge in [-0.15, -0.1) is 0 Å². The van der Waals surface area contributed by atoms with Crippen molar-refractivity contribution in [1.82, 2.24) is 9.99 Å². The molecule has 0 bridgehead atoms. The Balaban J connectivity index is 2.59. The van der Waals surface area contributed by atoms with E-state index in [0.29, 0.717) is 10.1 Å². The number of carbonyl (C=O) groups is 1. The first-order valence-corrected chi connectivity index (χ1v) is 6.82. The van der Waals surface area contributed by atoms with E-state index in [-0.39, 0.29) is 17.0 Å². The van der Waals surface area contributed by atoms with E-state index < -0.39 is 11.3 Å². The lowest BCUT2D eigenvalue weighted by atomic mass is 9.92. The average molecular weight is 293 g/mol. The molecule has 0 aliphatic rings. The summed E-state index contributed by atoms with van der Waals surface area (Å²) in [7, 11) is 0. The molecule has 0 aliphatic heterocycles. The largest absolute Gasteiger partial charge is 0.310 e. The van der Waals surface area contributed by atoms with Gasteiger partial charge in [0, 0.05) is 11.2 Å². The number of carbonyl (C=O) groups excluding carboxylic acids is 1. The Morgan fingerprint density at radius 1 is 1.35 bits per heavy atom. The van der Waals surface area contributed by atoms with Crippen LogP contribution in [0.1, 0.15) is 13.8 Å². The molecule has 1 amide bonds. The number of amides is 1. The summed E-state index contributed by atoms with van der Waals surface area (Å²) in [5.74, 6) is 4.69. The maximum atomic E-state index is 12.3. The van der Waals surface area contributed by atoms with Crippen LogP contribution < -0.4 is 21.7 Å². The average Bonchev–Trinajstić information content (AvgIpc) is 2.42. The van der Waals surface area contributed by atoms with Crippen LogP contribution in [0.25, 0.3) is 10.1 Å². The highest BCUT2D eigenvalue weighted by molar-refractivity contribution is 7.16. The first kappa shape index (κ1) is 14.4. The van der Waals surface area contributed by atoms with E-state index in [1.165, 1.54) is 0 Å². The molecule has 0 saturated carbocycles. The molecule has 1 aromatic carbocycles. The molecule has 0 atom stereocenters. The highest BCUT2D eigenvalue weighted by atomic mass is 32.1. The maximum Gasteiger partial charge on any atom is 0.310 e. The number of hydrogen-bond acceptors (Lipinski definition) is 5. The Hall–Kier alpha value is -1.99. The molecule has 0 radical (unpaired) electrons. The van der Waals surface area contributed by atoms with Gasteiger partial charge in [0.2, 0.25) is 5.91 Å². The van der Waals surface area contributed by atoms with Gasteiger partial charge in [-0.25, -0.2) is 5.84 Å². The topological polar surface area (TPSA) is 94.2 Å². The van der Waals surface area contributed by atoms with Crippen molar-refractivity contribution in [2.45, 2.75) is 20.4 Å². The zero-order chi connectivity index (χ0) is 14.9. The molecule has 1 heterocycles. The van der Waals surface area contributed by atoms with E-state index in [4.69, 9.17) is 5.84 Å². The molecule has 7 heteroatoms. The van der Waals surface area contributed by atoms with Crippen molar-refractivity contribution >= 4 is 27.3 Å². The SMILES string of the molecule is CC(C)(Cn1c(=O)sc2ccccc2c1=O)C(=O)NN. The van der Waals surface area contributed by atoms with Crippen molar-refractivity contribution in [2.24, 2.45) is 11.3 Å². The van der Waals surface area contributed by atoms with Crippen molar-refractivity contribution in [2.75, 3.05) is 0 Å². The van der Waals surface area contributed by atoms with Crippen LogP contribution in [0.5, 0.6) is 0 Å². The van der Waals surface area contributed by atoms with Gasteiger partial charge in [0.25, 0.3) is 5.56 Å². The van der Waals surface area contributed by atoms with Crippen molar-refractivity contribution in [3.05, 3.63) is 44.3 Å². The predicted molar refractivity (Wildman–Crippen MR) is 78.5 cm³/mol. The molecule has 2 rings (SSSR count). The van der Waals surface area contributed by atoms with Crippen LogP contribution >= 0.6 is 11.3 Å². The van der Waals surface area contributed by atoms with Gasteiger partial charge < -0.3 is 0 Å². The Kier molecular flexibility index (Phi) is 3.74. The minimum absolute atomic E-state index is 0.0188. The summed E-state index contributed by atoms with van der Waals surface area (Å²) in [5, 5.41) is 0.473. The predicted octanol–water partition coefficient (Wildman–Crippen LogP) is 0.439. The van der Waals surface area contributed by atoms with Crippen molar-refractivity contribution in [3.8, 4) is 0 Å². The molecule has 6 nitrogen and oxygen atoms in total. The number of hydrazine groups is 1. The first-order chi connectivity index (χ1) is 9.36. The summed E-state index contributed by atoms with van der Waals surface area (Å²) in [5.41, 5.74) is 0.710. The van der Waals surface area contributed by atoms with E-state index in [1.807, 2.05) is 5.43 Å². The molecule has 0 aliphatic carbocycles. The quantitative estimate of drug-likeness (QED) is 0.488. The van der Waals surface area contributed by atoms with Crippen LogP contribution in [0, 0.1) is 5.41 Å². The summed E-state index contributed by atoms with van der Waals surface area (Å²) in [6, 6.07) is 6.90. The lowest BCUT2D eigenvalue weighted by Crippen LogP contribution is -2.46. The molecule has 2 aromatic rings. The van der Waals surface area contributed by atoms with Gasteiger partial charge in [-0.2, -0.15) is 0 Å². The molecule has 20 heavy (non-hydrogen) atoms. The first-order valence-electron chi connectivity index (χ1n) is 6.00. The number of nitrogens with two attached hydrogens (primary N) is 1. The zero-order valence-corrected chi connectivity index (χ0v) is 12.0. The van der Waals surface area contributed by atoms with Gasteiger partial charge in [0.05, 0.1) is 10.8 Å².